The monoisotopic (exact) mass is 449 g/mol. The molecule has 2 aromatic carbocycles. The van der Waals surface area contributed by atoms with Crippen LogP contribution in [0.15, 0.2) is 53.4 Å². The number of carbonyl (C=O) groups is 1. The molecule has 9 heteroatoms. The Bertz CT molecular complexity index is 974. The van der Waals surface area contributed by atoms with Crippen LogP contribution in [0.1, 0.15) is 36.5 Å². The number of nitrogens with one attached hydrogen (secondary N) is 2. The number of hydrogen-bond acceptors (Lipinski definition) is 5. The quantitative estimate of drug-likeness (QED) is 0.449. The number of anilines is 1. The van der Waals surface area contributed by atoms with Gasteiger partial charge in [-0.1, -0.05) is 31.9 Å². The molecule has 2 rings (SSSR count). The van der Waals surface area contributed by atoms with Gasteiger partial charge in [-0.15, -0.1) is 0 Å². The molecule has 0 aliphatic heterocycles. The summed E-state index contributed by atoms with van der Waals surface area (Å²) in [5.74, 6) is 0.123. The number of amides is 1. The minimum Gasteiger partial charge on any atom is -0.493 e. The fraction of sp³-hybridized carbons (Fsp3) is 0.333. The van der Waals surface area contributed by atoms with E-state index >= 15 is 0 Å². The third kappa shape index (κ3) is 6.51. The highest BCUT2D eigenvalue weighted by molar-refractivity contribution is 7.89. The van der Waals surface area contributed by atoms with Crippen molar-refractivity contribution in [2.75, 3.05) is 26.0 Å². The Hall–Kier alpha value is -2.49. The van der Waals surface area contributed by atoms with Crippen LogP contribution < -0.4 is 15.4 Å². The van der Waals surface area contributed by atoms with E-state index in [1.165, 1.54) is 26.2 Å². The Morgan fingerprint density at radius 2 is 1.73 bits per heavy atom. The summed E-state index contributed by atoms with van der Waals surface area (Å²) in [6.07, 6.45) is 3.08. The number of rotatable bonds is 9. The molecule has 7 nitrogen and oxygen atoms in total. The smallest absolute Gasteiger partial charge is 0.261 e. The van der Waals surface area contributed by atoms with Crippen LogP contribution in [0.4, 0.5) is 5.69 Å². The molecule has 0 aliphatic rings. The van der Waals surface area contributed by atoms with Gasteiger partial charge in [-0.3, -0.25) is 10.1 Å². The zero-order chi connectivity index (χ0) is 22.1. The number of sulfonamides is 1. The van der Waals surface area contributed by atoms with Crippen LogP contribution in [0.3, 0.4) is 0 Å². The number of carbonyl (C=O) groups excluding carboxylic acids is 1. The number of unbranched alkanes of at least 4 members (excludes halogenated alkanes) is 2. The van der Waals surface area contributed by atoms with Crippen molar-refractivity contribution in [3.63, 3.8) is 0 Å². The summed E-state index contributed by atoms with van der Waals surface area (Å²) in [5.41, 5.74) is 0.952. The lowest BCUT2D eigenvalue weighted by atomic mass is 10.2. The maximum atomic E-state index is 12.6. The highest BCUT2D eigenvalue weighted by Gasteiger charge is 2.17. The van der Waals surface area contributed by atoms with Gasteiger partial charge < -0.3 is 10.1 Å². The van der Waals surface area contributed by atoms with E-state index in [-0.39, 0.29) is 15.9 Å². The first-order valence-corrected chi connectivity index (χ1v) is 11.5. The van der Waals surface area contributed by atoms with Crippen LogP contribution in [-0.4, -0.2) is 44.4 Å². The zero-order valence-electron chi connectivity index (χ0n) is 17.3. The average molecular weight is 450 g/mol. The maximum Gasteiger partial charge on any atom is 0.261 e. The van der Waals surface area contributed by atoms with E-state index in [0.717, 1.165) is 23.6 Å². The summed E-state index contributed by atoms with van der Waals surface area (Å²) in [6, 6.07) is 13.1. The van der Waals surface area contributed by atoms with Gasteiger partial charge in [0.25, 0.3) is 5.91 Å². The minimum atomic E-state index is -3.50. The second kappa shape index (κ2) is 11.1. The number of hydrogen-bond donors (Lipinski definition) is 2. The molecule has 2 aromatic rings. The maximum absolute atomic E-state index is 12.6. The number of benzene rings is 2. The van der Waals surface area contributed by atoms with E-state index in [4.69, 9.17) is 17.0 Å². The molecule has 0 radical (unpaired) electrons. The fourth-order valence-electron chi connectivity index (χ4n) is 2.57. The SMILES string of the molecule is CCCCCOc1ccccc1C(=O)NC(=S)Nc1ccc(S(=O)(=O)N(C)C)cc1. The third-order valence-electron chi connectivity index (χ3n) is 4.25. The molecule has 0 bridgehead atoms. The molecule has 0 aliphatic carbocycles. The molecular formula is C21H27N3O4S2. The largest absolute Gasteiger partial charge is 0.493 e. The number of ether oxygens (including phenoxy) is 1. The van der Waals surface area contributed by atoms with Gasteiger partial charge in [0.2, 0.25) is 10.0 Å². The highest BCUT2D eigenvalue weighted by atomic mass is 32.2. The van der Waals surface area contributed by atoms with E-state index in [1.807, 2.05) is 6.07 Å². The van der Waals surface area contributed by atoms with Crippen molar-refractivity contribution in [2.45, 2.75) is 31.1 Å². The van der Waals surface area contributed by atoms with Crippen molar-refractivity contribution in [3.8, 4) is 5.75 Å². The number of nitrogens with zero attached hydrogens (tertiary/aromatic N) is 1. The summed E-state index contributed by atoms with van der Waals surface area (Å²) in [7, 11) is -0.565. The van der Waals surface area contributed by atoms with Gasteiger partial charge >= 0.3 is 0 Å². The van der Waals surface area contributed by atoms with Gasteiger partial charge in [0.05, 0.1) is 17.1 Å². The molecule has 0 saturated heterocycles. The first kappa shape index (κ1) is 23.8. The van der Waals surface area contributed by atoms with Gasteiger partial charge in [0.15, 0.2) is 5.11 Å². The highest BCUT2D eigenvalue weighted by Crippen LogP contribution is 2.19. The van der Waals surface area contributed by atoms with Crippen molar-refractivity contribution in [1.82, 2.24) is 9.62 Å². The Kier molecular flexibility index (Phi) is 8.76. The predicted molar refractivity (Wildman–Crippen MR) is 122 cm³/mol. The standard InChI is InChI=1S/C21H27N3O4S2/c1-4-5-8-15-28-19-10-7-6-9-18(19)20(25)23-21(29)22-16-11-13-17(14-12-16)30(26,27)24(2)3/h6-7,9-14H,4-5,8,15H2,1-3H3,(H2,22,23,25,29). The van der Waals surface area contributed by atoms with Crippen LogP contribution in [0.5, 0.6) is 5.75 Å². The van der Waals surface area contributed by atoms with E-state index < -0.39 is 10.0 Å². The number of para-hydroxylation sites is 1. The van der Waals surface area contributed by atoms with Gasteiger partial charge in [-0.25, -0.2) is 12.7 Å². The van der Waals surface area contributed by atoms with E-state index in [0.29, 0.717) is 23.6 Å². The molecule has 2 N–H and O–H groups in total. The zero-order valence-corrected chi connectivity index (χ0v) is 19.0. The van der Waals surface area contributed by atoms with Gasteiger partial charge in [-0.2, -0.15) is 0 Å². The van der Waals surface area contributed by atoms with Crippen molar-refractivity contribution in [2.24, 2.45) is 0 Å². The molecule has 0 unspecified atom stereocenters. The van der Waals surface area contributed by atoms with Crippen molar-refractivity contribution in [1.29, 1.82) is 0 Å². The van der Waals surface area contributed by atoms with E-state index in [9.17, 15) is 13.2 Å². The molecule has 0 fully saturated rings. The topological polar surface area (TPSA) is 87.7 Å². The molecule has 0 heterocycles. The molecule has 0 saturated carbocycles. The molecule has 0 atom stereocenters. The predicted octanol–water partition coefficient (Wildman–Crippen LogP) is 3.63. The lowest BCUT2D eigenvalue weighted by molar-refractivity contribution is 0.0973. The van der Waals surface area contributed by atoms with Crippen LogP contribution in [0, 0.1) is 0 Å². The fourth-order valence-corrected chi connectivity index (χ4v) is 3.68. The Labute approximate surface area is 183 Å². The first-order valence-electron chi connectivity index (χ1n) is 9.62. The average Bonchev–Trinajstić information content (AvgIpc) is 2.71. The summed E-state index contributed by atoms with van der Waals surface area (Å²) in [5, 5.41) is 5.61. The molecular weight excluding hydrogens is 422 g/mol. The van der Waals surface area contributed by atoms with Crippen molar-refractivity contribution >= 4 is 38.9 Å². The summed E-state index contributed by atoms with van der Waals surface area (Å²) in [4.78, 5) is 12.8. The number of thiocarbonyl (C=S) groups is 1. The Morgan fingerprint density at radius 1 is 1.07 bits per heavy atom. The molecule has 30 heavy (non-hydrogen) atoms. The summed E-state index contributed by atoms with van der Waals surface area (Å²) in [6.45, 7) is 2.66. The normalized spacial score (nSPS) is 11.2. The Balaban J connectivity index is 1.99. The lowest BCUT2D eigenvalue weighted by Crippen LogP contribution is -2.34. The lowest BCUT2D eigenvalue weighted by Gasteiger charge is -2.14. The second-order valence-electron chi connectivity index (χ2n) is 6.77. The van der Waals surface area contributed by atoms with Crippen molar-refractivity contribution in [3.05, 3.63) is 54.1 Å². The third-order valence-corrected chi connectivity index (χ3v) is 6.29. The molecule has 162 valence electrons. The van der Waals surface area contributed by atoms with E-state index in [1.54, 1.807) is 30.3 Å². The van der Waals surface area contributed by atoms with Crippen LogP contribution in [-0.2, 0) is 10.0 Å². The minimum absolute atomic E-state index is 0.101. The van der Waals surface area contributed by atoms with Crippen molar-refractivity contribution < 1.29 is 17.9 Å². The van der Waals surface area contributed by atoms with Gasteiger partial charge in [0.1, 0.15) is 5.75 Å². The van der Waals surface area contributed by atoms with Gasteiger partial charge in [0, 0.05) is 19.8 Å². The van der Waals surface area contributed by atoms with Crippen LogP contribution in [0.25, 0.3) is 0 Å². The first-order chi connectivity index (χ1) is 14.3. The molecule has 0 spiro atoms. The second-order valence-corrected chi connectivity index (χ2v) is 9.33. The summed E-state index contributed by atoms with van der Waals surface area (Å²) >= 11 is 5.21. The molecule has 1 amide bonds. The Morgan fingerprint density at radius 3 is 2.37 bits per heavy atom. The van der Waals surface area contributed by atoms with E-state index in [2.05, 4.69) is 17.6 Å². The van der Waals surface area contributed by atoms with Crippen LogP contribution in [0.2, 0.25) is 0 Å². The van der Waals surface area contributed by atoms with Crippen LogP contribution >= 0.6 is 12.2 Å². The summed E-state index contributed by atoms with van der Waals surface area (Å²) < 4.78 is 31.1. The molecule has 0 aromatic heterocycles. The van der Waals surface area contributed by atoms with Gasteiger partial charge in [-0.05, 0) is 55.0 Å².